The maximum absolute atomic E-state index is 14.2. The van der Waals surface area contributed by atoms with E-state index in [0.717, 1.165) is 16.0 Å². The molecule has 0 spiro atoms. The summed E-state index contributed by atoms with van der Waals surface area (Å²) >= 11 is 23.8. The first kappa shape index (κ1) is 33.8. The number of aromatic nitrogens is 1. The first-order valence-corrected chi connectivity index (χ1v) is 16.6. The zero-order chi connectivity index (χ0) is 34.4. The van der Waals surface area contributed by atoms with Crippen molar-refractivity contribution in [3.05, 3.63) is 76.5 Å². The number of carbonyl (C=O) groups is 4. The number of likely N-dealkylation sites (tertiary alicyclic amines) is 1. The van der Waals surface area contributed by atoms with Crippen LogP contribution >= 0.6 is 50.7 Å². The third kappa shape index (κ3) is 4.67. The molecule has 0 unspecified atom stereocenters. The molecule has 4 amide bonds. The van der Waals surface area contributed by atoms with Gasteiger partial charge in [-0.1, -0.05) is 63.5 Å². The van der Waals surface area contributed by atoms with Crippen molar-refractivity contribution in [3.8, 4) is 5.75 Å². The van der Waals surface area contributed by atoms with Crippen LogP contribution in [0.5, 0.6) is 5.75 Å². The van der Waals surface area contributed by atoms with Gasteiger partial charge in [0.05, 0.1) is 22.3 Å². The lowest BCUT2D eigenvalue weighted by atomic mass is 9.56. The summed E-state index contributed by atoms with van der Waals surface area (Å²) in [6.07, 6.45) is -1.63. The number of fused-ring (bicyclic) bond motifs is 4. The minimum Gasteiger partial charge on any atom is -0.507 e. The molecule has 1 aromatic heterocycles. The standard InChI is InChI=1S/C31H25BrCl3F3N4O5/c1-3-5-14-6-4-7-17(23(14)43)22-15-8-9-16-21(18(15)12-29(34)27(46)41(13-32)28(47)30(22,29)35)26(45)42(25(16)44)40(2)24-19(33)10-11-20(39-24)31(36,37)38/h3-4,6-8,10-11,16,18,21-22,43H,1,5,9,12-13H2,2H3/t16-,18+,21-,22+,29+,30-/m0/s1. The maximum atomic E-state index is 14.2. The molecule has 6 atom stereocenters. The molecule has 2 aliphatic heterocycles. The summed E-state index contributed by atoms with van der Waals surface area (Å²) in [4.78, 5) is 56.1. The van der Waals surface area contributed by atoms with Crippen LogP contribution in [0.15, 0.2) is 54.6 Å². The number of halogens is 7. The third-order valence-corrected chi connectivity index (χ3v) is 11.8. The van der Waals surface area contributed by atoms with Gasteiger partial charge in [0.25, 0.3) is 23.6 Å². The molecule has 16 heteroatoms. The quantitative estimate of drug-likeness (QED) is 0.167. The van der Waals surface area contributed by atoms with Crippen molar-refractivity contribution < 1.29 is 37.5 Å². The van der Waals surface area contributed by atoms with Crippen LogP contribution in [0.4, 0.5) is 19.0 Å². The lowest BCUT2D eigenvalue weighted by Crippen LogP contribution is -2.60. The van der Waals surface area contributed by atoms with E-state index in [4.69, 9.17) is 34.8 Å². The second-order valence-electron chi connectivity index (χ2n) is 11.8. The number of hydrogen-bond donors (Lipinski definition) is 1. The van der Waals surface area contributed by atoms with Gasteiger partial charge in [0.1, 0.15) is 11.4 Å². The number of hydrazine groups is 1. The Bertz CT molecular complexity index is 1790. The molecule has 0 radical (unpaired) electrons. The number of alkyl halides is 6. The summed E-state index contributed by atoms with van der Waals surface area (Å²) in [6, 6.07) is 6.51. The van der Waals surface area contributed by atoms with Crippen LogP contribution in [0.25, 0.3) is 0 Å². The highest BCUT2D eigenvalue weighted by Gasteiger charge is 2.76. The van der Waals surface area contributed by atoms with Gasteiger partial charge < -0.3 is 5.11 Å². The molecular weight excluding hydrogens is 752 g/mol. The number of phenols is 1. The molecule has 2 aliphatic carbocycles. The van der Waals surface area contributed by atoms with E-state index in [-0.39, 0.29) is 41.1 Å². The van der Waals surface area contributed by atoms with E-state index >= 15 is 0 Å². The minimum absolute atomic E-state index is 0.00861. The van der Waals surface area contributed by atoms with E-state index < -0.39 is 74.7 Å². The summed E-state index contributed by atoms with van der Waals surface area (Å²) < 4.78 is 40.5. The second-order valence-corrected chi connectivity index (χ2v) is 14.0. The minimum atomic E-state index is -4.82. The molecule has 248 valence electrons. The van der Waals surface area contributed by atoms with Crippen LogP contribution in [0.3, 0.4) is 0 Å². The van der Waals surface area contributed by atoms with Gasteiger partial charge in [-0.3, -0.25) is 29.1 Å². The smallest absolute Gasteiger partial charge is 0.433 e. The van der Waals surface area contributed by atoms with Gasteiger partial charge in [-0.25, -0.2) is 4.98 Å². The van der Waals surface area contributed by atoms with Crippen molar-refractivity contribution in [2.75, 3.05) is 17.5 Å². The largest absolute Gasteiger partial charge is 0.507 e. The zero-order valence-corrected chi connectivity index (χ0v) is 28.3. The first-order valence-electron chi connectivity index (χ1n) is 14.3. The van der Waals surface area contributed by atoms with Crippen molar-refractivity contribution in [3.63, 3.8) is 0 Å². The predicted octanol–water partition coefficient (Wildman–Crippen LogP) is 5.95. The van der Waals surface area contributed by atoms with Gasteiger partial charge in [-0.05, 0) is 42.9 Å². The van der Waals surface area contributed by atoms with Gasteiger partial charge in [0.2, 0.25) is 0 Å². The number of benzene rings is 1. The summed E-state index contributed by atoms with van der Waals surface area (Å²) in [7, 11) is 1.20. The summed E-state index contributed by atoms with van der Waals surface area (Å²) in [5.41, 5.74) is -0.404. The number of aromatic hydroxyl groups is 1. The Morgan fingerprint density at radius 3 is 2.47 bits per heavy atom. The molecule has 2 aromatic rings. The normalized spacial score (nSPS) is 30.3. The predicted molar refractivity (Wildman–Crippen MR) is 170 cm³/mol. The number of rotatable bonds is 6. The first-order chi connectivity index (χ1) is 22.0. The van der Waals surface area contributed by atoms with Gasteiger partial charge in [-0.15, -0.1) is 29.8 Å². The number of anilines is 1. The number of hydrogen-bond acceptors (Lipinski definition) is 7. The fraction of sp³-hybridized carbons (Fsp3) is 0.387. The maximum Gasteiger partial charge on any atom is 0.433 e. The van der Waals surface area contributed by atoms with Crippen LogP contribution in [0.1, 0.15) is 35.6 Å². The van der Waals surface area contributed by atoms with Crippen molar-refractivity contribution in [1.82, 2.24) is 14.9 Å². The molecule has 0 bridgehead atoms. The molecule has 1 saturated carbocycles. The molecule has 3 fully saturated rings. The van der Waals surface area contributed by atoms with E-state index in [2.05, 4.69) is 27.5 Å². The molecular formula is C31H25BrCl3F3N4O5. The Morgan fingerprint density at radius 1 is 1.13 bits per heavy atom. The molecule has 47 heavy (non-hydrogen) atoms. The van der Waals surface area contributed by atoms with E-state index in [1.54, 1.807) is 30.4 Å². The lowest BCUT2D eigenvalue weighted by molar-refractivity contribution is -0.142. The summed E-state index contributed by atoms with van der Waals surface area (Å²) in [5.74, 6) is -8.06. The van der Waals surface area contributed by atoms with E-state index in [1.807, 2.05) is 0 Å². The fourth-order valence-electron chi connectivity index (χ4n) is 7.45. The average Bonchev–Trinajstić information content (AvgIpc) is 3.35. The van der Waals surface area contributed by atoms with Crippen LogP contribution in [-0.2, 0) is 31.8 Å². The Labute approximate surface area is 290 Å². The van der Waals surface area contributed by atoms with Crippen LogP contribution in [0.2, 0.25) is 5.02 Å². The van der Waals surface area contributed by atoms with Crippen molar-refractivity contribution in [2.24, 2.45) is 17.8 Å². The fourth-order valence-corrected chi connectivity index (χ4v) is 9.10. The van der Waals surface area contributed by atoms with E-state index in [0.29, 0.717) is 22.2 Å². The number of pyridine rings is 1. The molecule has 4 aliphatic rings. The number of amides is 4. The van der Waals surface area contributed by atoms with Crippen LogP contribution < -0.4 is 5.01 Å². The van der Waals surface area contributed by atoms with Crippen LogP contribution in [0, 0.1) is 17.8 Å². The van der Waals surface area contributed by atoms with Crippen molar-refractivity contribution in [1.29, 1.82) is 0 Å². The Morgan fingerprint density at radius 2 is 1.83 bits per heavy atom. The number of para-hydroxylation sites is 1. The van der Waals surface area contributed by atoms with E-state index in [9.17, 15) is 37.5 Å². The number of imide groups is 2. The highest BCUT2D eigenvalue weighted by Crippen LogP contribution is 2.66. The monoisotopic (exact) mass is 774 g/mol. The Kier molecular flexibility index (Phi) is 8.25. The zero-order valence-electron chi connectivity index (χ0n) is 24.4. The lowest BCUT2D eigenvalue weighted by Gasteiger charge is -2.50. The van der Waals surface area contributed by atoms with Crippen molar-refractivity contribution >= 4 is 80.2 Å². The Balaban J connectivity index is 1.48. The molecule has 1 N–H and O–H groups in total. The third-order valence-electron chi connectivity index (χ3n) is 9.54. The Hall–Kier alpha value is -3.13. The molecule has 1 aromatic carbocycles. The number of nitrogens with zero attached hydrogens (tertiary/aromatic N) is 4. The van der Waals surface area contributed by atoms with Gasteiger partial charge in [0.15, 0.2) is 15.6 Å². The average molecular weight is 777 g/mol. The number of phenolic OH excluding ortho intramolecular Hbond substituents is 1. The van der Waals surface area contributed by atoms with Crippen LogP contribution in [-0.4, -0.2) is 65.9 Å². The molecule has 9 nitrogen and oxygen atoms in total. The van der Waals surface area contributed by atoms with Crippen molar-refractivity contribution in [2.45, 2.75) is 41.1 Å². The van der Waals surface area contributed by atoms with Gasteiger partial charge >= 0.3 is 6.18 Å². The number of allylic oxidation sites excluding steroid dienone is 3. The van der Waals surface area contributed by atoms with Gasteiger partial charge in [0, 0.05) is 18.5 Å². The second kappa shape index (κ2) is 11.5. The van der Waals surface area contributed by atoms with Gasteiger partial charge in [-0.2, -0.15) is 18.2 Å². The molecule has 3 heterocycles. The summed E-state index contributed by atoms with van der Waals surface area (Å²) in [5, 5.41) is 12.8. The highest BCUT2D eigenvalue weighted by molar-refractivity contribution is 9.09. The molecule has 6 rings (SSSR count). The topological polar surface area (TPSA) is 111 Å². The highest BCUT2D eigenvalue weighted by atomic mass is 79.9. The SMILES string of the molecule is C=CCc1cccc([C@H]2C3=CC[C@@H]4C(=O)N(N(C)c5nc(C(F)(F)F)ccc5Cl)C(=O)[C@@H]4[C@@H]3C[C@@]3(Cl)C(=O)N(CBr)C(=O)[C@@]23Cl)c1O. The van der Waals surface area contributed by atoms with E-state index in [1.165, 1.54) is 7.05 Å². The number of carbonyl (C=O) groups excluding carboxylic acids is 4. The molecule has 2 saturated heterocycles. The summed E-state index contributed by atoms with van der Waals surface area (Å²) in [6.45, 7) is 3.72.